The van der Waals surface area contributed by atoms with Crippen LogP contribution in [0.2, 0.25) is 6.04 Å². The molecule has 0 aromatic carbocycles. The molecule has 0 bridgehead atoms. The van der Waals surface area contributed by atoms with E-state index in [2.05, 4.69) is 6.58 Å². The van der Waals surface area contributed by atoms with Crippen LogP contribution >= 0.6 is 0 Å². The van der Waals surface area contributed by atoms with Crippen molar-refractivity contribution in [2.24, 2.45) is 0 Å². The van der Waals surface area contributed by atoms with Crippen molar-refractivity contribution in [1.82, 2.24) is 0 Å². The first-order valence-electron chi connectivity index (χ1n) is 4.31. The number of allylic oxidation sites excluding steroid dienone is 1. The number of Topliss-reactive ketones (excluding diaryl/α,β-unsaturated/α-hetero) is 2. The van der Waals surface area contributed by atoms with E-state index in [9.17, 15) is 9.59 Å². The van der Waals surface area contributed by atoms with Crippen LogP contribution in [0.15, 0.2) is 12.2 Å². The summed E-state index contributed by atoms with van der Waals surface area (Å²) in [5, 5.41) is 0. The van der Waals surface area contributed by atoms with Crippen LogP contribution in [-0.4, -0.2) is 41.2 Å². The highest BCUT2D eigenvalue weighted by Crippen LogP contribution is 1.98. The molecule has 80 valence electrons. The first-order valence-corrected chi connectivity index (χ1v) is 6.13. The summed E-state index contributed by atoms with van der Waals surface area (Å²) in [4.78, 5) is 22.4. The van der Waals surface area contributed by atoms with Crippen LogP contribution in [0.4, 0.5) is 0 Å². The zero-order valence-corrected chi connectivity index (χ0v) is 10.2. The summed E-state index contributed by atoms with van der Waals surface area (Å²) < 4.78 is 9.89. The minimum atomic E-state index is -0.853. The first kappa shape index (κ1) is 13.2. The van der Waals surface area contributed by atoms with E-state index in [4.69, 9.17) is 9.47 Å². The van der Waals surface area contributed by atoms with E-state index < -0.39 is 15.3 Å². The molecule has 0 unspecified atom stereocenters. The van der Waals surface area contributed by atoms with Gasteiger partial charge in [0.2, 0.25) is 5.78 Å². The molecule has 0 spiro atoms. The summed E-state index contributed by atoms with van der Waals surface area (Å²) >= 11 is 0. The van der Waals surface area contributed by atoms with Crippen LogP contribution in [0.3, 0.4) is 0 Å². The Bertz CT molecular complexity index is 233. The van der Waals surface area contributed by atoms with E-state index in [-0.39, 0.29) is 23.3 Å². The lowest BCUT2D eigenvalue weighted by molar-refractivity contribution is -0.133. The molecule has 0 radical (unpaired) electrons. The van der Waals surface area contributed by atoms with Gasteiger partial charge < -0.3 is 9.47 Å². The van der Waals surface area contributed by atoms with Gasteiger partial charge in [-0.15, -0.1) is 0 Å². The summed E-state index contributed by atoms with van der Waals surface area (Å²) in [7, 11) is 2.19. The normalized spacial score (nSPS) is 11.1. The molecule has 0 saturated carbocycles. The van der Waals surface area contributed by atoms with E-state index in [0.717, 1.165) is 0 Å². The molecular formula is C9H16O4Si. The van der Waals surface area contributed by atoms with E-state index in [1.165, 1.54) is 21.1 Å². The smallest absolute Gasteiger partial charge is 0.223 e. The Morgan fingerprint density at radius 2 is 1.86 bits per heavy atom. The maximum absolute atomic E-state index is 11.2. The molecule has 14 heavy (non-hydrogen) atoms. The summed E-state index contributed by atoms with van der Waals surface area (Å²) in [5.74, 6) is -1.16. The third-order valence-electron chi connectivity index (χ3n) is 1.77. The van der Waals surface area contributed by atoms with Gasteiger partial charge in [0, 0.05) is 20.3 Å². The average molecular weight is 216 g/mol. The highest BCUT2D eigenvalue weighted by Gasteiger charge is 2.16. The Morgan fingerprint density at radius 3 is 2.21 bits per heavy atom. The van der Waals surface area contributed by atoms with Gasteiger partial charge in [-0.1, -0.05) is 6.58 Å². The van der Waals surface area contributed by atoms with Crippen molar-refractivity contribution in [1.29, 1.82) is 0 Å². The second-order valence-corrected chi connectivity index (χ2v) is 4.72. The SMILES string of the molecule is C=C(C)C(=O)C(=O)C[SiH2]C(OC)OC. The average Bonchev–Trinajstić information content (AvgIpc) is 2.17. The van der Waals surface area contributed by atoms with E-state index in [1.807, 2.05) is 0 Å². The van der Waals surface area contributed by atoms with Crippen LogP contribution in [0.1, 0.15) is 6.92 Å². The fourth-order valence-corrected chi connectivity index (χ4v) is 2.13. The highest BCUT2D eigenvalue weighted by molar-refractivity contribution is 6.55. The van der Waals surface area contributed by atoms with Crippen LogP contribution < -0.4 is 0 Å². The quantitative estimate of drug-likeness (QED) is 0.257. The van der Waals surface area contributed by atoms with Crippen molar-refractivity contribution in [3.8, 4) is 0 Å². The molecule has 0 heterocycles. The predicted octanol–water partition coefficient (Wildman–Crippen LogP) is -0.136. The fourth-order valence-electron chi connectivity index (χ4n) is 0.932. The lowest BCUT2D eigenvalue weighted by Gasteiger charge is -2.11. The van der Waals surface area contributed by atoms with Crippen LogP contribution in [0, 0.1) is 0 Å². The van der Waals surface area contributed by atoms with Gasteiger partial charge in [0.25, 0.3) is 0 Å². The second kappa shape index (κ2) is 6.64. The number of ketones is 2. The van der Waals surface area contributed by atoms with Crippen LogP contribution in [-0.2, 0) is 19.1 Å². The van der Waals surface area contributed by atoms with Gasteiger partial charge >= 0.3 is 0 Å². The molecule has 0 N–H and O–H groups in total. The van der Waals surface area contributed by atoms with E-state index in [1.54, 1.807) is 0 Å². The molecule has 0 fully saturated rings. The molecule has 0 aromatic rings. The molecule has 0 aliphatic carbocycles. The second-order valence-electron chi connectivity index (χ2n) is 2.97. The van der Waals surface area contributed by atoms with Crippen molar-refractivity contribution < 1.29 is 19.1 Å². The number of rotatable bonds is 7. The summed E-state index contributed by atoms with van der Waals surface area (Å²) in [6.07, 6.45) is 0. The molecule has 0 aliphatic rings. The molecule has 0 saturated heterocycles. The summed E-state index contributed by atoms with van der Waals surface area (Å²) in [5.41, 5.74) is 0.287. The topological polar surface area (TPSA) is 52.6 Å². The Labute approximate surface area is 86.1 Å². The lowest BCUT2D eigenvalue weighted by Crippen LogP contribution is -2.26. The van der Waals surface area contributed by atoms with Crippen molar-refractivity contribution in [2.45, 2.75) is 18.9 Å². The molecule has 0 atom stereocenters. The lowest BCUT2D eigenvalue weighted by atomic mass is 10.2. The number of carbonyl (C=O) groups is 2. The minimum Gasteiger partial charge on any atom is -0.360 e. The third-order valence-corrected chi connectivity index (χ3v) is 3.65. The maximum Gasteiger partial charge on any atom is 0.223 e. The maximum atomic E-state index is 11.2. The van der Waals surface area contributed by atoms with Crippen molar-refractivity contribution in [2.75, 3.05) is 14.2 Å². The van der Waals surface area contributed by atoms with Crippen LogP contribution in [0.25, 0.3) is 0 Å². The fraction of sp³-hybridized carbons (Fsp3) is 0.556. The molecule has 0 amide bonds. The minimum absolute atomic E-state index is 0.262. The van der Waals surface area contributed by atoms with Gasteiger partial charge in [-0.3, -0.25) is 9.59 Å². The van der Waals surface area contributed by atoms with Gasteiger partial charge in [-0.05, 0) is 12.5 Å². The zero-order valence-electron chi connectivity index (χ0n) is 8.83. The number of ether oxygens (including phenoxy) is 2. The van der Waals surface area contributed by atoms with Gasteiger partial charge in [-0.2, -0.15) is 0 Å². The molecule has 0 aliphatic heterocycles. The van der Waals surface area contributed by atoms with Gasteiger partial charge in [0.1, 0.15) is 5.91 Å². The van der Waals surface area contributed by atoms with Gasteiger partial charge in [-0.25, -0.2) is 0 Å². The standard InChI is InChI=1S/C9H16O4Si/c1-6(2)8(11)7(10)5-14-9(12-3)13-4/h9H,1,5,14H2,2-4H3. The number of methoxy groups -OCH3 is 2. The molecule has 4 nitrogen and oxygen atoms in total. The van der Waals surface area contributed by atoms with E-state index in [0.29, 0.717) is 0 Å². The van der Waals surface area contributed by atoms with Gasteiger partial charge in [0.05, 0.1) is 9.52 Å². The molecule has 0 rings (SSSR count). The Morgan fingerprint density at radius 1 is 1.36 bits per heavy atom. The zero-order chi connectivity index (χ0) is 11.1. The Kier molecular flexibility index (Phi) is 6.27. The Balaban J connectivity index is 3.96. The summed E-state index contributed by atoms with van der Waals surface area (Å²) in [6.45, 7) is 4.96. The first-order chi connectivity index (χ1) is 6.52. The Hall–Kier alpha value is -0.783. The van der Waals surface area contributed by atoms with Crippen molar-refractivity contribution in [3.63, 3.8) is 0 Å². The monoisotopic (exact) mass is 216 g/mol. The number of carbonyl (C=O) groups excluding carboxylic acids is 2. The van der Waals surface area contributed by atoms with E-state index >= 15 is 0 Å². The van der Waals surface area contributed by atoms with Crippen LogP contribution in [0.5, 0.6) is 0 Å². The predicted molar refractivity (Wildman–Crippen MR) is 56.0 cm³/mol. The molecular weight excluding hydrogens is 200 g/mol. The van der Waals surface area contributed by atoms with Crippen molar-refractivity contribution in [3.05, 3.63) is 12.2 Å². The number of hydrogen-bond donors (Lipinski definition) is 0. The number of hydrogen-bond acceptors (Lipinski definition) is 4. The summed E-state index contributed by atoms with van der Waals surface area (Å²) in [6, 6.07) is 0.262. The van der Waals surface area contributed by atoms with Crippen molar-refractivity contribution >= 4 is 21.1 Å². The third kappa shape index (κ3) is 4.45. The highest BCUT2D eigenvalue weighted by atomic mass is 28.2. The molecule has 5 heteroatoms. The largest absolute Gasteiger partial charge is 0.360 e. The van der Waals surface area contributed by atoms with Gasteiger partial charge in [0.15, 0.2) is 5.78 Å². The molecule has 0 aromatic heterocycles.